The Balaban J connectivity index is 2.37. The lowest BCUT2D eigenvalue weighted by Gasteiger charge is -2.10. The predicted molar refractivity (Wildman–Crippen MR) is 80.3 cm³/mol. The van der Waals surface area contributed by atoms with Crippen molar-refractivity contribution in [3.63, 3.8) is 0 Å². The Morgan fingerprint density at radius 3 is 2.72 bits per heavy atom. The molecule has 0 aliphatic heterocycles. The number of nitrogens with one attached hydrogen (secondary N) is 1. The summed E-state index contributed by atoms with van der Waals surface area (Å²) in [6.07, 6.45) is 3.04. The number of benzene rings is 1. The Morgan fingerprint density at radius 1 is 1.33 bits per heavy atom. The molecule has 0 spiro atoms. The summed E-state index contributed by atoms with van der Waals surface area (Å²) in [5.41, 5.74) is 6.68. The van der Waals surface area contributed by atoms with Crippen LogP contribution >= 0.6 is 34.8 Å². The maximum atomic E-state index is 13.0. The summed E-state index contributed by atoms with van der Waals surface area (Å²) in [4.78, 5) is 8.33. The van der Waals surface area contributed by atoms with Gasteiger partial charge in [-0.15, -0.1) is 0 Å². The minimum absolute atomic E-state index is 0.155. The molecule has 2 aromatic rings. The number of anilines is 2. The normalized spacial score (nSPS) is 10.1. The van der Waals surface area contributed by atoms with Gasteiger partial charge in [-0.2, -0.15) is 0 Å². The number of rotatable bonds is 3. The van der Waals surface area contributed by atoms with Crippen LogP contribution in [-0.4, -0.2) is 15.0 Å². The third kappa shape index (κ3) is 2.91. The molecule has 0 atom stereocenters. The van der Waals surface area contributed by atoms with E-state index in [-0.39, 0.29) is 10.8 Å². The molecule has 0 saturated carbocycles. The molecule has 0 fully saturated rings. The molecule has 0 saturated heterocycles. The van der Waals surface area contributed by atoms with Gasteiger partial charge in [-0.25, -0.2) is 14.4 Å². The van der Waals surface area contributed by atoms with Gasteiger partial charge in [0.05, 0.1) is 5.69 Å². The van der Waals surface area contributed by atoms with E-state index in [1.807, 2.05) is 22.6 Å². The second kappa shape index (κ2) is 5.53. The lowest BCUT2D eigenvalue weighted by molar-refractivity contribution is 0.627. The quantitative estimate of drug-likeness (QED) is 0.639. The van der Waals surface area contributed by atoms with Gasteiger partial charge >= 0.3 is 0 Å². The molecule has 0 aliphatic rings. The summed E-state index contributed by atoms with van der Waals surface area (Å²) in [7, 11) is 0. The van der Waals surface area contributed by atoms with Crippen molar-refractivity contribution in [1.29, 1.82) is 0 Å². The van der Waals surface area contributed by atoms with E-state index in [4.69, 9.17) is 18.0 Å². The molecule has 2 rings (SSSR count). The fourth-order valence-electron chi connectivity index (χ4n) is 1.33. The SMILES string of the molecule is NC(=S)c1nccnc1Nc1ccc(F)cc1I. The zero-order chi connectivity index (χ0) is 13.1. The molecule has 0 radical (unpaired) electrons. The van der Waals surface area contributed by atoms with Crippen LogP contribution in [0.3, 0.4) is 0 Å². The maximum Gasteiger partial charge on any atom is 0.159 e. The summed E-state index contributed by atoms with van der Waals surface area (Å²) in [5, 5.41) is 3.03. The summed E-state index contributed by atoms with van der Waals surface area (Å²) < 4.78 is 13.7. The molecule has 0 amide bonds. The minimum Gasteiger partial charge on any atom is -0.388 e. The molecule has 7 heteroatoms. The van der Waals surface area contributed by atoms with Gasteiger partial charge in [0, 0.05) is 16.0 Å². The molecule has 0 unspecified atom stereocenters. The first kappa shape index (κ1) is 13.1. The van der Waals surface area contributed by atoms with Gasteiger partial charge in [0.25, 0.3) is 0 Å². The Morgan fingerprint density at radius 2 is 2.06 bits per heavy atom. The Hall–Kier alpha value is -1.35. The first-order chi connectivity index (χ1) is 8.58. The number of thiocarbonyl (C=S) groups is 1. The summed E-state index contributed by atoms with van der Waals surface area (Å²) in [6.45, 7) is 0. The molecule has 1 aromatic carbocycles. The molecule has 0 bridgehead atoms. The van der Waals surface area contributed by atoms with E-state index >= 15 is 0 Å². The van der Waals surface area contributed by atoms with Crippen LogP contribution in [0.1, 0.15) is 5.69 Å². The second-order valence-electron chi connectivity index (χ2n) is 3.37. The average Bonchev–Trinajstić information content (AvgIpc) is 2.33. The molecule has 0 aliphatic carbocycles. The van der Waals surface area contributed by atoms with Gasteiger partial charge in [-0.1, -0.05) is 12.2 Å². The fraction of sp³-hybridized carbons (Fsp3) is 0. The van der Waals surface area contributed by atoms with E-state index in [9.17, 15) is 4.39 Å². The lowest BCUT2D eigenvalue weighted by Crippen LogP contribution is -2.15. The molecule has 18 heavy (non-hydrogen) atoms. The van der Waals surface area contributed by atoms with Gasteiger partial charge in [0.1, 0.15) is 16.5 Å². The zero-order valence-electron chi connectivity index (χ0n) is 9.02. The molecule has 3 N–H and O–H groups in total. The number of nitrogens with two attached hydrogens (primary N) is 1. The highest BCUT2D eigenvalue weighted by Crippen LogP contribution is 2.23. The molecule has 4 nitrogen and oxygen atoms in total. The van der Waals surface area contributed by atoms with E-state index in [0.29, 0.717) is 11.5 Å². The standard InChI is InChI=1S/C11H8FIN4S/c12-6-1-2-8(7(13)5-6)17-11-9(10(14)18)15-3-4-16-11/h1-5H,(H2,14,18)(H,16,17). The van der Waals surface area contributed by atoms with Crippen molar-refractivity contribution in [3.05, 3.63) is 45.7 Å². The third-order valence-corrected chi connectivity index (χ3v) is 3.20. The van der Waals surface area contributed by atoms with Crippen LogP contribution in [0.5, 0.6) is 0 Å². The van der Waals surface area contributed by atoms with Crippen molar-refractivity contribution < 1.29 is 4.39 Å². The highest BCUT2D eigenvalue weighted by Gasteiger charge is 2.09. The summed E-state index contributed by atoms with van der Waals surface area (Å²) in [5.74, 6) is 0.160. The fourth-order valence-corrected chi connectivity index (χ4v) is 2.09. The van der Waals surface area contributed by atoms with Crippen molar-refractivity contribution in [3.8, 4) is 0 Å². The monoisotopic (exact) mass is 374 g/mol. The van der Waals surface area contributed by atoms with Crippen LogP contribution < -0.4 is 11.1 Å². The second-order valence-corrected chi connectivity index (χ2v) is 4.97. The van der Waals surface area contributed by atoms with E-state index in [1.165, 1.54) is 24.5 Å². The van der Waals surface area contributed by atoms with Crippen molar-refractivity contribution in [2.24, 2.45) is 5.73 Å². The smallest absolute Gasteiger partial charge is 0.159 e. The van der Waals surface area contributed by atoms with E-state index in [0.717, 1.165) is 9.26 Å². The van der Waals surface area contributed by atoms with Gasteiger partial charge in [0.2, 0.25) is 0 Å². The number of nitrogens with zero attached hydrogens (tertiary/aromatic N) is 2. The summed E-state index contributed by atoms with van der Waals surface area (Å²) >= 11 is 6.92. The largest absolute Gasteiger partial charge is 0.388 e. The van der Waals surface area contributed by atoms with E-state index < -0.39 is 0 Å². The van der Waals surface area contributed by atoms with Crippen molar-refractivity contribution in [2.75, 3.05) is 5.32 Å². The molecule has 1 aromatic heterocycles. The number of halogens is 2. The Kier molecular flexibility index (Phi) is 4.02. The van der Waals surface area contributed by atoms with Crippen LogP contribution in [0.4, 0.5) is 15.9 Å². The zero-order valence-corrected chi connectivity index (χ0v) is 12.0. The summed E-state index contributed by atoms with van der Waals surface area (Å²) in [6, 6.07) is 4.40. The molecular weight excluding hydrogens is 366 g/mol. The highest BCUT2D eigenvalue weighted by atomic mass is 127. The van der Waals surface area contributed by atoms with Crippen molar-refractivity contribution in [1.82, 2.24) is 9.97 Å². The number of hydrogen-bond acceptors (Lipinski definition) is 4. The first-order valence-corrected chi connectivity index (χ1v) is 6.39. The lowest BCUT2D eigenvalue weighted by atomic mass is 10.3. The van der Waals surface area contributed by atoms with E-state index in [1.54, 1.807) is 6.07 Å². The van der Waals surface area contributed by atoms with Crippen LogP contribution in [0.15, 0.2) is 30.6 Å². The van der Waals surface area contributed by atoms with Crippen LogP contribution in [0, 0.1) is 9.39 Å². The molecule has 1 heterocycles. The topological polar surface area (TPSA) is 63.8 Å². The van der Waals surface area contributed by atoms with Gasteiger partial charge in [0.15, 0.2) is 5.82 Å². The van der Waals surface area contributed by atoms with Crippen LogP contribution in [-0.2, 0) is 0 Å². The van der Waals surface area contributed by atoms with Crippen molar-refractivity contribution in [2.45, 2.75) is 0 Å². The third-order valence-electron chi connectivity index (χ3n) is 2.12. The van der Waals surface area contributed by atoms with Gasteiger partial charge in [-0.3, -0.25) is 0 Å². The first-order valence-electron chi connectivity index (χ1n) is 4.91. The predicted octanol–water partition coefficient (Wildman–Crippen LogP) is 2.60. The maximum absolute atomic E-state index is 13.0. The molecular formula is C11H8FIN4S. The number of hydrogen-bond donors (Lipinski definition) is 2. The Bertz CT molecular complexity index is 605. The number of aromatic nitrogens is 2. The minimum atomic E-state index is -0.293. The van der Waals surface area contributed by atoms with Crippen molar-refractivity contribution >= 4 is 51.3 Å². The highest BCUT2D eigenvalue weighted by molar-refractivity contribution is 14.1. The Labute approximate surface area is 122 Å². The van der Waals surface area contributed by atoms with E-state index in [2.05, 4.69) is 15.3 Å². The average molecular weight is 374 g/mol. The van der Waals surface area contributed by atoms with Crippen LogP contribution in [0.25, 0.3) is 0 Å². The van der Waals surface area contributed by atoms with Gasteiger partial charge < -0.3 is 11.1 Å². The van der Waals surface area contributed by atoms with Gasteiger partial charge in [-0.05, 0) is 40.8 Å². The van der Waals surface area contributed by atoms with Crippen LogP contribution in [0.2, 0.25) is 0 Å². The molecule has 92 valence electrons.